The summed E-state index contributed by atoms with van der Waals surface area (Å²) in [6, 6.07) is 0. The Labute approximate surface area is 117 Å². The number of rotatable bonds is 2. The normalized spacial score (nSPS) is 30.2. The molecular formula is C10H11ClFN5O3. The minimum absolute atomic E-state index is 0.0407. The third kappa shape index (κ3) is 1.90. The summed E-state index contributed by atoms with van der Waals surface area (Å²) in [5.74, 6) is -0.0862. The fraction of sp³-hybridized carbons (Fsp3) is 0.500. The molecule has 1 saturated heterocycles. The van der Waals surface area contributed by atoms with Crippen molar-refractivity contribution in [1.82, 2.24) is 19.5 Å². The van der Waals surface area contributed by atoms with E-state index in [4.69, 9.17) is 27.2 Å². The lowest BCUT2D eigenvalue weighted by Crippen LogP contribution is -2.30. The van der Waals surface area contributed by atoms with Gasteiger partial charge in [0.25, 0.3) is 0 Å². The minimum Gasteiger partial charge on any atom is -0.394 e. The predicted octanol–water partition coefficient (Wildman–Crippen LogP) is -0.349. The molecule has 0 spiro atoms. The third-order valence-electron chi connectivity index (χ3n) is 3.14. The van der Waals surface area contributed by atoms with E-state index in [0.29, 0.717) is 0 Å². The van der Waals surface area contributed by atoms with Gasteiger partial charge in [0.15, 0.2) is 23.2 Å². The van der Waals surface area contributed by atoms with Gasteiger partial charge >= 0.3 is 0 Å². The van der Waals surface area contributed by atoms with Gasteiger partial charge in [-0.25, -0.2) is 9.37 Å². The van der Waals surface area contributed by atoms with Gasteiger partial charge < -0.3 is 20.7 Å². The zero-order chi connectivity index (χ0) is 14.4. The standard InChI is InChI=1S/C10H11ClFN5O3/c11-7-5-8(16-10(13)15-7)17(2-14-5)9-4(12)6(19)3(1-18)20-9/h2-4,6,9,18-19H,1H2,(H2,13,15,16)/t3-,4?,6?,9-/m1/s1. The summed E-state index contributed by atoms with van der Waals surface area (Å²) in [4.78, 5) is 11.7. The summed E-state index contributed by atoms with van der Waals surface area (Å²) >= 11 is 5.87. The number of hydrogen-bond acceptors (Lipinski definition) is 7. The van der Waals surface area contributed by atoms with Crippen molar-refractivity contribution in [1.29, 1.82) is 0 Å². The highest BCUT2D eigenvalue weighted by molar-refractivity contribution is 6.33. The molecule has 0 bridgehead atoms. The Bertz CT molecular complexity index is 653. The van der Waals surface area contributed by atoms with Gasteiger partial charge in [-0.2, -0.15) is 9.97 Å². The number of imidazole rings is 1. The molecule has 8 nitrogen and oxygen atoms in total. The van der Waals surface area contributed by atoms with Crippen molar-refractivity contribution >= 4 is 28.7 Å². The number of aromatic nitrogens is 4. The molecule has 2 aromatic heterocycles. The van der Waals surface area contributed by atoms with Gasteiger partial charge in [-0.05, 0) is 0 Å². The molecule has 2 aromatic rings. The third-order valence-corrected chi connectivity index (χ3v) is 3.41. The Kier molecular flexibility index (Phi) is 3.21. The first-order chi connectivity index (χ1) is 9.52. The fourth-order valence-electron chi connectivity index (χ4n) is 2.16. The maximum atomic E-state index is 14.1. The van der Waals surface area contributed by atoms with E-state index in [1.165, 1.54) is 10.9 Å². The molecule has 1 fully saturated rings. The van der Waals surface area contributed by atoms with Gasteiger partial charge in [0.2, 0.25) is 5.95 Å². The van der Waals surface area contributed by atoms with Crippen molar-refractivity contribution < 1.29 is 19.3 Å². The number of hydrogen-bond donors (Lipinski definition) is 3. The van der Waals surface area contributed by atoms with E-state index in [9.17, 15) is 9.50 Å². The topological polar surface area (TPSA) is 119 Å². The van der Waals surface area contributed by atoms with Crippen molar-refractivity contribution in [3.8, 4) is 0 Å². The van der Waals surface area contributed by atoms with E-state index in [2.05, 4.69) is 15.0 Å². The van der Waals surface area contributed by atoms with Crippen LogP contribution < -0.4 is 5.73 Å². The van der Waals surface area contributed by atoms with Gasteiger partial charge in [-0.15, -0.1) is 0 Å². The van der Waals surface area contributed by atoms with E-state index < -0.39 is 31.2 Å². The lowest BCUT2D eigenvalue weighted by atomic mass is 10.1. The first-order valence-corrected chi connectivity index (χ1v) is 6.14. The fourth-order valence-corrected chi connectivity index (χ4v) is 2.38. The first-order valence-electron chi connectivity index (χ1n) is 5.77. The summed E-state index contributed by atoms with van der Waals surface area (Å²) < 4.78 is 20.6. The van der Waals surface area contributed by atoms with Crippen LogP contribution in [0, 0.1) is 0 Å². The number of alkyl halides is 1. The van der Waals surface area contributed by atoms with Crippen LogP contribution in [0.25, 0.3) is 11.2 Å². The lowest BCUT2D eigenvalue weighted by Gasteiger charge is -2.15. The maximum absolute atomic E-state index is 14.1. The van der Waals surface area contributed by atoms with Gasteiger partial charge in [0.1, 0.15) is 17.7 Å². The maximum Gasteiger partial charge on any atom is 0.223 e. The first kappa shape index (κ1) is 13.4. The van der Waals surface area contributed by atoms with Crippen LogP contribution in [0.5, 0.6) is 0 Å². The van der Waals surface area contributed by atoms with E-state index in [1.807, 2.05) is 0 Å². The molecular weight excluding hydrogens is 293 g/mol. The van der Waals surface area contributed by atoms with Gasteiger partial charge in [-0.1, -0.05) is 11.6 Å². The predicted molar refractivity (Wildman–Crippen MR) is 66.6 cm³/mol. The SMILES string of the molecule is Nc1nc(Cl)c2ncn([C@@H]3O[C@H](CO)C(O)C3F)c2n1. The molecule has 3 rings (SSSR count). The Morgan fingerprint density at radius 1 is 1.50 bits per heavy atom. The highest BCUT2D eigenvalue weighted by atomic mass is 35.5. The number of aliphatic hydroxyl groups excluding tert-OH is 2. The van der Waals surface area contributed by atoms with Crippen molar-refractivity contribution in [2.75, 3.05) is 12.3 Å². The van der Waals surface area contributed by atoms with Gasteiger partial charge in [-0.3, -0.25) is 4.57 Å². The van der Waals surface area contributed by atoms with Crippen LogP contribution in [0.2, 0.25) is 5.15 Å². The molecule has 108 valence electrons. The molecule has 0 saturated carbocycles. The molecule has 0 radical (unpaired) electrons. The molecule has 0 amide bonds. The minimum atomic E-state index is -1.74. The molecule has 0 aromatic carbocycles. The summed E-state index contributed by atoms with van der Waals surface area (Å²) in [5, 5.41) is 18.7. The number of nitrogen functional groups attached to an aromatic ring is 1. The molecule has 1 aliphatic rings. The monoisotopic (exact) mass is 303 g/mol. The molecule has 10 heteroatoms. The van der Waals surface area contributed by atoms with E-state index in [1.54, 1.807) is 0 Å². The lowest BCUT2D eigenvalue weighted by molar-refractivity contribution is -0.0459. The average Bonchev–Trinajstić information content (AvgIpc) is 2.93. The second-order valence-electron chi connectivity index (χ2n) is 4.38. The number of nitrogens with two attached hydrogens (primary N) is 1. The highest BCUT2D eigenvalue weighted by Gasteiger charge is 2.45. The quantitative estimate of drug-likeness (QED) is 0.649. The van der Waals surface area contributed by atoms with Crippen LogP contribution >= 0.6 is 11.6 Å². The average molecular weight is 304 g/mol. The van der Waals surface area contributed by atoms with E-state index in [0.717, 1.165) is 0 Å². The van der Waals surface area contributed by atoms with Crippen LogP contribution in [-0.4, -0.2) is 54.7 Å². The van der Waals surface area contributed by atoms with Gasteiger partial charge in [0, 0.05) is 0 Å². The van der Waals surface area contributed by atoms with Gasteiger partial charge in [0.05, 0.1) is 12.9 Å². The van der Waals surface area contributed by atoms with Crippen LogP contribution in [0.1, 0.15) is 6.23 Å². The number of ether oxygens (including phenoxy) is 1. The number of anilines is 1. The highest BCUT2D eigenvalue weighted by Crippen LogP contribution is 2.34. The summed E-state index contributed by atoms with van der Waals surface area (Å²) in [6.07, 6.45) is -4.08. The number of fused-ring (bicyclic) bond motifs is 1. The molecule has 3 heterocycles. The van der Waals surface area contributed by atoms with Crippen LogP contribution in [-0.2, 0) is 4.74 Å². The van der Waals surface area contributed by atoms with Crippen molar-refractivity contribution in [3.05, 3.63) is 11.5 Å². The molecule has 2 unspecified atom stereocenters. The van der Waals surface area contributed by atoms with Crippen LogP contribution in [0.3, 0.4) is 0 Å². The Morgan fingerprint density at radius 2 is 2.25 bits per heavy atom. The molecule has 20 heavy (non-hydrogen) atoms. The summed E-state index contributed by atoms with van der Waals surface area (Å²) in [6.45, 7) is -0.497. The number of aliphatic hydroxyl groups is 2. The number of halogens is 2. The Hall–Kier alpha value is -1.55. The van der Waals surface area contributed by atoms with Crippen molar-refractivity contribution in [3.63, 3.8) is 0 Å². The summed E-state index contributed by atoms with van der Waals surface area (Å²) in [5.41, 5.74) is 5.94. The van der Waals surface area contributed by atoms with Crippen molar-refractivity contribution in [2.45, 2.75) is 24.6 Å². The van der Waals surface area contributed by atoms with E-state index >= 15 is 0 Å². The zero-order valence-electron chi connectivity index (χ0n) is 10.0. The van der Waals surface area contributed by atoms with E-state index in [-0.39, 0.29) is 22.3 Å². The smallest absolute Gasteiger partial charge is 0.223 e. The zero-order valence-corrected chi connectivity index (χ0v) is 10.8. The Morgan fingerprint density at radius 3 is 2.90 bits per heavy atom. The summed E-state index contributed by atoms with van der Waals surface area (Å²) in [7, 11) is 0. The molecule has 1 aliphatic heterocycles. The van der Waals surface area contributed by atoms with Crippen LogP contribution in [0.15, 0.2) is 6.33 Å². The second kappa shape index (κ2) is 4.77. The largest absolute Gasteiger partial charge is 0.394 e. The molecule has 4 N–H and O–H groups in total. The van der Waals surface area contributed by atoms with Crippen molar-refractivity contribution in [2.24, 2.45) is 0 Å². The van der Waals surface area contributed by atoms with Crippen LogP contribution in [0.4, 0.5) is 10.3 Å². The second-order valence-corrected chi connectivity index (χ2v) is 4.74. The number of nitrogens with zero attached hydrogens (tertiary/aromatic N) is 4. The Balaban J connectivity index is 2.07. The molecule has 4 atom stereocenters. The molecule has 0 aliphatic carbocycles.